The van der Waals surface area contributed by atoms with Crippen LogP contribution < -0.4 is 0 Å². The van der Waals surface area contributed by atoms with E-state index in [0.29, 0.717) is 5.92 Å². The van der Waals surface area contributed by atoms with Crippen molar-refractivity contribution in [3.05, 3.63) is 29.8 Å². The van der Waals surface area contributed by atoms with Gasteiger partial charge in [0.15, 0.2) is 0 Å². The summed E-state index contributed by atoms with van der Waals surface area (Å²) in [5.41, 5.74) is 0.781. The number of rotatable bonds is 3. The molecule has 0 atom stereocenters. The molecule has 0 aliphatic rings. The minimum absolute atomic E-state index is 0.287. The molecule has 0 aromatic heterocycles. The van der Waals surface area contributed by atoms with Crippen LogP contribution in [0.1, 0.15) is 19.4 Å². The summed E-state index contributed by atoms with van der Waals surface area (Å²) in [6.07, 6.45) is 1.72. The van der Waals surface area contributed by atoms with Crippen molar-refractivity contribution in [1.82, 2.24) is 0 Å². The lowest BCUT2D eigenvalue weighted by Gasteiger charge is -1.98. The number of benzene rings is 1. The van der Waals surface area contributed by atoms with E-state index >= 15 is 0 Å². The Morgan fingerprint density at radius 2 is 2.08 bits per heavy atom. The minimum Gasteiger partial charge on any atom is -0.507 e. The molecule has 1 aromatic carbocycles. The van der Waals surface area contributed by atoms with Gasteiger partial charge in [-0.3, -0.25) is 4.99 Å². The number of phenols is 1. The van der Waals surface area contributed by atoms with Gasteiger partial charge in [0.05, 0.1) is 0 Å². The second-order valence-corrected chi connectivity index (χ2v) is 3.45. The standard InChI is InChI=1S/C11H15NO/c1-9(2)7-12-8-10-5-3-4-6-11(10)13/h3-6,8-9,13H,7H2,1-2H3/b12-8+. The average molecular weight is 177 g/mol. The Labute approximate surface area is 78.9 Å². The summed E-state index contributed by atoms with van der Waals surface area (Å²) < 4.78 is 0. The molecule has 70 valence electrons. The Morgan fingerprint density at radius 3 is 2.69 bits per heavy atom. The highest BCUT2D eigenvalue weighted by Crippen LogP contribution is 2.12. The lowest BCUT2D eigenvalue weighted by molar-refractivity contribution is 0.474. The third-order valence-corrected chi connectivity index (χ3v) is 1.64. The molecule has 1 rings (SSSR count). The van der Waals surface area contributed by atoms with E-state index in [1.807, 2.05) is 12.1 Å². The molecule has 0 radical (unpaired) electrons. The summed E-state index contributed by atoms with van der Waals surface area (Å²) in [7, 11) is 0. The van der Waals surface area contributed by atoms with Gasteiger partial charge in [-0.15, -0.1) is 0 Å². The fourth-order valence-corrected chi connectivity index (χ4v) is 0.959. The molecule has 0 aliphatic carbocycles. The van der Waals surface area contributed by atoms with Gasteiger partial charge in [0, 0.05) is 18.3 Å². The monoisotopic (exact) mass is 177 g/mol. The van der Waals surface area contributed by atoms with E-state index in [-0.39, 0.29) is 5.75 Å². The average Bonchev–Trinajstić information content (AvgIpc) is 2.08. The van der Waals surface area contributed by atoms with E-state index in [0.717, 1.165) is 12.1 Å². The highest BCUT2D eigenvalue weighted by Gasteiger charge is 1.94. The molecule has 0 heterocycles. The molecule has 1 N–H and O–H groups in total. The number of hydrogen-bond donors (Lipinski definition) is 1. The van der Waals surface area contributed by atoms with Crippen LogP contribution >= 0.6 is 0 Å². The molecule has 0 amide bonds. The van der Waals surface area contributed by atoms with Crippen molar-refractivity contribution in [1.29, 1.82) is 0 Å². The molecule has 0 unspecified atom stereocenters. The first-order valence-corrected chi connectivity index (χ1v) is 4.48. The highest BCUT2D eigenvalue weighted by atomic mass is 16.3. The molecule has 0 spiro atoms. The number of hydrogen-bond acceptors (Lipinski definition) is 2. The second-order valence-electron chi connectivity index (χ2n) is 3.45. The van der Waals surface area contributed by atoms with Crippen LogP contribution in [0.3, 0.4) is 0 Å². The number of aliphatic imine (C=N–C) groups is 1. The van der Waals surface area contributed by atoms with Gasteiger partial charge < -0.3 is 5.11 Å². The van der Waals surface area contributed by atoms with Gasteiger partial charge in [0.2, 0.25) is 0 Å². The summed E-state index contributed by atoms with van der Waals surface area (Å²) in [5.74, 6) is 0.845. The van der Waals surface area contributed by atoms with Crippen LogP contribution in [0.15, 0.2) is 29.3 Å². The summed E-state index contributed by atoms with van der Waals surface area (Å²) in [6, 6.07) is 7.20. The Kier molecular flexibility index (Phi) is 3.50. The molecule has 0 saturated carbocycles. The minimum atomic E-state index is 0.287. The van der Waals surface area contributed by atoms with E-state index in [1.165, 1.54) is 0 Å². The molecule has 2 nitrogen and oxygen atoms in total. The molecular formula is C11H15NO. The summed E-state index contributed by atoms with van der Waals surface area (Å²) in [5, 5.41) is 9.38. The molecule has 13 heavy (non-hydrogen) atoms. The van der Waals surface area contributed by atoms with Crippen LogP contribution in [-0.4, -0.2) is 17.9 Å². The third-order valence-electron chi connectivity index (χ3n) is 1.64. The van der Waals surface area contributed by atoms with E-state index in [4.69, 9.17) is 0 Å². The zero-order valence-electron chi connectivity index (χ0n) is 8.07. The fraction of sp³-hybridized carbons (Fsp3) is 0.364. The maximum Gasteiger partial charge on any atom is 0.124 e. The Morgan fingerprint density at radius 1 is 1.38 bits per heavy atom. The maximum absolute atomic E-state index is 9.38. The lowest BCUT2D eigenvalue weighted by Crippen LogP contribution is -1.92. The lowest BCUT2D eigenvalue weighted by atomic mass is 10.2. The zero-order chi connectivity index (χ0) is 9.68. The fourth-order valence-electron chi connectivity index (χ4n) is 0.959. The van der Waals surface area contributed by atoms with Gasteiger partial charge in [-0.2, -0.15) is 0 Å². The molecule has 0 fully saturated rings. The third kappa shape index (κ3) is 3.28. The van der Waals surface area contributed by atoms with Gasteiger partial charge in [-0.1, -0.05) is 26.0 Å². The van der Waals surface area contributed by atoms with Gasteiger partial charge >= 0.3 is 0 Å². The zero-order valence-corrected chi connectivity index (χ0v) is 8.07. The molecule has 0 aliphatic heterocycles. The number of aromatic hydroxyl groups is 1. The van der Waals surface area contributed by atoms with Crippen molar-refractivity contribution >= 4 is 6.21 Å². The maximum atomic E-state index is 9.38. The molecule has 0 saturated heterocycles. The predicted molar refractivity (Wildman–Crippen MR) is 55.4 cm³/mol. The topological polar surface area (TPSA) is 32.6 Å². The molecular weight excluding hydrogens is 162 g/mol. The number of phenolic OH excluding ortho intramolecular Hbond substituents is 1. The van der Waals surface area contributed by atoms with Crippen LogP contribution in [0.25, 0.3) is 0 Å². The van der Waals surface area contributed by atoms with Crippen molar-refractivity contribution < 1.29 is 5.11 Å². The van der Waals surface area contributed by atoms with Crippen molar-refractivity contribution in [2.45, 2.75) is 13.8 Å². The van der Waals surface area contributed by atoms with Crippen molar-refractivity contribution in [2.75, 3.05) is 6.54 Å². The Hall–Kier alpha value is -1.31. The second kappa shape index (κ2) is 4.65. The van der Waals surface area contributed by atoms with E-state index in [9.17, 15) is 5.11 Å². The summed E-state index contributed by atoms with van der Waals surface area (Å²) in [4.78, 5) is 4.22. The smallest absolute Gasteiger partial charge is 0.124 e. The van der Waals surface area contributed by atoms with E-state index in [1.54, 1.807) is 18.3 Å². The number of para-hydroxylation sites is 1. The SMILES string of the molecule is CC(C)C/N=C/c1ccccc1O. The normalized spacial score (nSPS) is 11.3. The van der Waals surface area contributed by atoms with Crippen LogP contribution in [0.2, 0.25) is 0 Å². The highest BCUT2D eigenvalue weighted by molar-refractivity contribution is 5.83. The van der Waals surface area contributed by atoms with Crippen LogP contribution in [-0.2, 0) is 0 Å². The summed E-state index contributed by atoms with van der Waals surface area (Å²) in [6.45, 7) is 5.03. The quantitative estimate of drug-likeness (QED) is 0.707. The Bertz CT molecular complexity index is 292. The first-order valence-electron chi connectivity index (χ1n) is 4.48. The van der Waals surface area contributed by atoms with Crippen LogP contribution in [0, 0.1) is 5.92 Å². The predicted octanol–water partition coefficient (Wildman–Crippen LogP) is 2.47. The van der Waals surface area contributed by atoms with Crippen LogP contribution in [0.5, 0.6) is 5.75 Å². The van der Waals surface area contributed by atoms with E-state index in [2.05, 4.69) is 18.8 Å². The van der Waals surface area contributed by atoms with Gasteiger partial charge in [0.25, 0.3) is 0 Å². The van der Waals surface area contributed by atoms with Crippen LogP contribution in [0.4, 0.5) is 0 Å². The van der Waals surface area contributed by atoms with Crippen molar-refractivity contribution in [3.63, 3.8) is 0 Å². The first-order chi connectivity index (χ1) is 6.20. The number of nitrogens with zero attached hydrogens (tertiary/aromatic N) is 1. The van der Waals surface area contributed by atoms with Crippen molar-refractivity contribution in [2.24, 2.45) is 10.9 Å². The summed E-state index contributed by atoms with van der Waals surface area (Å²) >= 11 is 0. The molecule has 2 heteroatoms. The van der Waals surface area contributed by atoms with Gasteiger partial charge in [-0.05, 0) is 18.1 Å². The largest absolute Gasteiger partial charge is 0.507 e. The van der Waals surface area contributed by atoms with Gasteiger partial charge in [0.1, 0.15) is 5.75 Å². The molecule has 0 bridgehead atoms. The molecule has 1 aromatic rings. The van der Waals surface area contributed by atoms with E-state index < -0.39 is 0 Å². The van der Waals surface area contributed by atoms with Crippen molar-refractivity contribution in [3.8, 4) is 5.75 Å². The van der Waals surface area contributed by atoms with Gasteiger partial charge in [-0.25, -0.2) is 0 Å². The first kappa shape index (κ1) is 9.78. The Balaban J connectivity index is 2.63.